The second-order valence-corrected chi connectivity index (χ2v) is 21.5. The van der Waals surface area contributed by atoms with Gasteiger partial charge in [0.05, 0.1) is 22.1 Å². The van der Waals surface area contributed by atoms with E-state index in [2.05, 4.69) is 80.5 Å². The molecule has 0 bridgehead atoms. The molecule has 1 unspecified atom stereocenters. The predicted octanol–water partition coefficient (Wildman–Crippen LogP) is 9.86. The molecule has 4 amide bonds. The van der Waals surface area contributed by atoms with E-state index in [1.54, 1.807) is 33.8 Å². The van der Waals surface area contributed by atoms with Gasteiger partial charge in [-0.25, -0.2) is 19.3 Å². The number of urea groups is 2. The van der Waals surface area contributed by atoms with Crippen molar-refractivity contribution < 1.29 is 18.8 Å². The van der Waals surface area contributed by atoms with Gasteiger partial charge in [-0.1, -0.05) is 64.7 Å². The number of benzene rings is 2. The summed E-state index contributed by atoms with van der Waals surface area (Å²) in [4.78, 5) is 34.4. The normalized spacial score (nSPS) is 15.0. The first-order valence-electron chi connectivity index (χ1n) is 17.5. The summed E-state index contributed by atoms with van der Waals surface area (Å²) in [6.45, 7) is 18.5. The number of anilines is 3. The van der Waals surface area contributed by atoms with Crippen LogP contribution < -0.4 is 25.1 Å². The van der Waals surface area contributed by atoms with Crippen molar-refractivity contribution in [2.24, 2.45) is 0 Å². The zero-order valence-electron chi connectivity index (χ0n) is 32.1. The molecule has 0 aliphatic carbocycles. The highest BCUT2D eigenvalue weighted by atomic mass is 35.5. The van der Waals surface area contributed by atoms with Crippen LogP contribution in [0.2, 0.25) is 28.2 Å². The predicted molar refractivity (Wildman–Crippen MR) is 216 cm³/mol. The van der Waals surface area contributed by atoms with Gasteiger partial charge in [-0.3, -0.25) is 10.6 Å². The van der Waals surface area contributed by atoms with E-state index in [4.69, 9.17) is 37.5 Å². The Labute approximate surface area is 323 Å². The largest absolute Gasteiger partial charge is 0.544 e. The summed E-state index contributed by atoms with van der Waals surface area (Å²) < 4.78 is 14.2. The lowest BCUT2D eigenvalue weighted by Gasteiger charge is -2.36. The third kappa shape index (κ3) is 9.63. The highest BCUT2D eigenvalue weighted by Gasteiger charge is 2.39. The standard InChI is InChI=1S/C38H50Cl2N8O4Si/c1-37(2,3)30-22-32(48(45-30)24-11-13-26(14-12-24)52-53(9,10)38(4,5)6)44-35(49)42-28-15-16-29(34(40)33(28)39)51-27-17-19-41-31(21-27)43-36(50)47-20-18-25(23-47)46(7)8/h11-17,19,21-22,25H,18,20,23H2,1-10H3,(H,41,43,50)(H2,42,44,49). The van der Waals surface area contributed by atoms with Crippen LogP contribution in [0.25, 0.3) is 5.69 Å². The van der Waals surface area contributed by atoms with E-state index >= 15 is 0 Å². The number of hydrogen-bond acceptors (Lipinski definition) is 7. The van der Waals surface area contributed by atoms with Gasteiger partial charge in [0.15, 0.2) is 0 Å². The number of carbonyl (C=O) groups excluding carboxylic acids is 2. The summed E-state index contributed by atoms with van der Waals surface area (Å²) in [6, 6.07) is 15.6. The lowest BCUT2D eigenvalue weighted by atomic mass is 9.92. The van der Waals surface area contributed by atoms with Crippen LogP contribution >= 0.6 is 23.2 Å². The molecule has 53 heavy (non-hydrogen) atoms. The Morgan fingerprint density at radius 1 is 0.906 bits per heavy atom. The summed E-state index contributed by atoms with van der Waals surface area (Å²) >= 11 is 13.3. The molecule has 0 saturated carbocycles. The molecule has 1 aliphatic rings. The molecule has 0 spiro atoms. The first kappa shape index (κ1) is 39.9. The summed E-state index contributed by atoms with van der Waals surface area (Å²) in [5.41, 5.74) is 1.56. The summed E-state index contributed by atoms with van der Waals surface area (Å²) in [6.07, 6.45) is 2.44. The number of pyridine rings is 1. The minimum atomic E-state index is -2.02. The van der Waals surface area contributed by atoms with Crippen LogP contribution in [-0.4, -0.2) is 78.2 Å². The van der Waals surface area contributed by atoms with Crippen molar-refractivity contribution in [2.75, 3.05) is 43.1 Å². The number of halogens is 2. The van der Waals surface area contributed by atoms with Crippen molar-refractivity contribution in [2.45, 2.75) is 77.6 Å². The Morgan fingerprint density at radius 2 is 1.60 bits per heavy atom. The SMILES string of the molecule is CN(C)C1CCN(C(=O)Nc2cc(Oc3ccc(NC(=O)Nc4cc(C(C)(C)C)nn4-c4ccc(O[Si](C)(C)C(C)(C)C)cc4)c(Cl)c3Cl)ccn2)C1. The first-order chi connectivity index (χ1) is 24.7. The maximum atomic E-state index is 13.4. The molecular weight excluding hydrogens is 731 g/mol. The van der Waals surface area contributed by atoms with E-state index in [0.717, 1.165) is 23.6 Å². The second kappa shape index (κ2) is 15.6. The van der Waals surface area contributed by atoms with Crippen molar-refractivity contribution in [3.63, 3.8) is 0 Å². The Kier molecular flexibility index (Phi) is 11.7. The average molecular weight is 782 g/mol. The first-order valence-corrected chi connectivity index (χ1v) is 21.2. The van der Waals surface area contributed by atoms with Gasteiger partial charge in [-0.2, -0.15) is 5.10 Å². The van der Waals surface area contributed by atoms with E-state index < -0.39 is 14.3 Å². The molecule has 0 radical (unpaired) electrons. The maximum absolute atomic E-state index is 13.4. The molecule has 284 valence electrons. The molecule has 3 heterocycles. The van der Waals surface area contributed by atoms with E-state index in [0.29, 0.717) is 36.5 Å². The van der Waals surface area contributed by atoms with Crippen molar-refractivity contribution in [1.82, 2.24) is 24.6 Å². The number of ether oxygens (including phenoxy) is 1. The van der Waals surface area contributed by atoms with Gasteiger partial charge in [-0.15, -0.1) is 0 Å². The molecular formula is C38H50Cl2N8O4Si. The van der Waals surface area contributed by atoms with E-state index in [1.807, 2.05) is 44.4 Å². The van der Waals surface area contributed by atoms with Gasteiger partial charge in [0, 0.05) is 42.9 Å². The number of hydrogen-bond donors (Lipinski definition) is 3. The third-order valence-corrected chi connectivity index (χ3v) is 14.9. The number of amides is 4. The topological polar surface area (TPSA) is 126 Å². The quantitative estimate of drug-likeness (QED) is 0.144. The van der Waals surface area contributed by atoms with Crippen LogP contribution in [0.15, 0.2) is 60.8 Å². The maximum Gasteiger partial charge on any atom is 0.324 e. The number of carbonyl (C=O) groups is 2. The minimum absolute atomic E-state index is 0.0634. The highest BCUT2D eigenvalue weighted by molar-refractivity contribution is 6.74. The number of rotatable bonds is 9. The Bertz CT molecular complexity index is 1950. The van der Waals surface area contributed by atoms with Crippen LogP contribution in [-0.2, 0) is 5.41 Å². The van der Waals surface area contributed by atoms with Gasteiger partial charge in [0.2, 0.25) is 8.32 Å². The van der Waals surface area contributed by atoms with Gasteiger partial charge in [0.1, 0.15) is 33.9 Å². The number of nitrogens with zero attached hydrogens (tertiary/aromatic N) is 5. The van der Waals surface area contributed by atoms with E-state index in [1.165, 1.54) is 6.20 Å². The lowest BCUT2D eigenvalue weighted by Crippen LogP contribution is -2.43. The van der Waals surface area contributed by atoms with Crippen molar-refractivity contribution in [3.05, 3.63) is 76.5 Å². The molecule has 2 aromatic heterocycles. The zero-order valence-corrected chi connectivity index (χ0v) is 34.6. The fourth-order valence-electron chi connectivity index (χ4n) is 5.32. The summed E-state index contributed by atoms with van der Waals surface area (Å²) in [7, 11) is 2.00. The molecule has 1 atom stereocenters. The van der Waals surface area contributed by atoms with Crippen molar-refractivity contribution >= 4 is 60.9 Å². The van der Waals surface area contributed by atoms with Crippen LogP contribution in [0.5, 0.6) is 17.2 Å². The van der Waals surface area contributed by atoms with Gasteiger partial charge >= 0.3 is 12.1 Å². The van der Waals surface area contributed by atoms with Gasteiger partial charge in [0.25, 0.3) is 0 Å². The lowest BCUT2D eigenvalue weighted by molar-refractivity contribution is 0.216. The number of nitrogens with one attached hydrogen (secondary N) is 3. The van der Waals surface area contributed by atoms with Crippen LogP contribution in [0.4, 0.5) is 26.9 Å². The smallest absolute Gasteiger partial charge is 0.324 e. The van der Waals surface area contributed by atoms with Crippen LogP contribution in [0.1, 0.15) is 53.7 Å². The molecule has 5 rings (SSSR count). The zero-order chi connectivity index (χ0) is 38.9. The van der Waals surface area contributed by atoms with Gasteiger partial charge < -0.3 is 24.3 Å². The number of likely N-dealkylation sites (N-methyl/N-ethyl adjacent to an activating group) is 1. The summed E-state index contributed by atoms with van der Waals surface area (Å²) in [5, 5.41) is 13.6. The highest BCUT2D eigenvalue weighted by Crippen LogP contribution is 2.40. The summed E-state index contributed by atoms with van der Waals surface area (Å²) in [5.74, 6) is 2.25. The van der Waals surface area contributed by atoms with Crippen molar-refractivity contribution in [1.29, 1.82) is 0 Å². The molecule has 4 aromatic rings. The monoisotopic (exact) mass is 780 g/mol. The average Bonchev–Trinajstić information content (AvgIpc) is 3.73. The van der Waals surface area contributed by atoms with E-state index in [-0.39, 0.29) is 38.0 Å². The minimum Gasteiger partial charge on any atom is -0.544 e. The molecule has 15 heteroatoms. The van der Waals surface area contributed by atoms with Crippen molar-refractivity contribution in [3.8, 4) is 22.9 Å². The molecule has 2 aromatic carbocycles. The fourth-order valence-corrected chi connectivity index (χ4v) is 6.76. The van der Waals surface area contributed by atoms with Crippen LogP contribution in [0.3, 0.4) is 0 Å². The Hall–Kier alpha value is -4.30. The third-order valence-electron chi connectivity index (χ3n) is 9.65. The van der Waals surface area contributed by atoms with Crippen LogP contribution in [0, 0.1) is 0 Å². The number of aromatic nitrogens is 3. The molecule has 1 fully saturated rings. The fraction of sp³-hybridized carbons (Fsp3) is 0.421. The number of likely N-dealkylation sites (tertiary alicyclic amines) is 1. The molecule has 3 N–H and O–H groups in total. The Morgan fingerprint density at radius 3 is 2.23 bits per heavy atom. The molecule has 1 saturated heterocycles. The van der Waals surface area contributed by atoms with Gasteiger partial charge in [-0.05, 0) is 81.1 Å². The van der Waals surface area contributed by atoms with E-state index in [9.17, 15) is 9.59 Å². The molecule has 1 aliphatic heterocycles. The Balaban J connectivity index is 1.27. The molecule has 12 nitrogen and oxygen atoms in total. The second-order valence-electron chi connectivity index (χ2n) is 16.0.